The number of hydrogen-bond acceptors (Lipinski definition) is 3. The van der Waals surface area contributed by atoms with Crippen molar-refractivity contribution < 1.29 is 4.92 Å². The minimum absolute atomic E-state index is 0.0203. The Kier molecular flexibility index (Phi) is 5.06. The van der Waals surface area contributed by atoms with Gasteiger partial charge in [0.25, 0.3) is 5.69 Å². The number of thiocarbonyl (C=S) groups is 1. The maximum Gasteiger partial charge on any atom is 0.293 e. The van der Waals surface area contributed by atoms with Crippen LogP contribution in [-0.4, -0.2) is 10.0 Å². The molecule has 0 aliphatic heterocycles. The standard InChI is InChI=1S/C16H17N3O2S/c1-11-8-9-14(19(20)21)15(12(11)2)18-16(22)17-10-13-6-4-3-5-7-13/h3-9H,10H2,1-2H3,(H2,17,18,22). The Balaban J connectivity index is 2.11. The molecule has 2 rings (SSSR count). The highest BCUT2D eigenvalue weighted by atomic mass is 32.1. The number of aryl methyl sites for hydroxylation is 1. The Bertz CT molecular complexity index is 702. The van der Waals surface area contributed by atoms with E-state index in [2.05, 4.69) is 10.6 Å². The topological polar surface area (TPSA) is 67.2 Å². The predicted octanol–water partition coefficient (Wildman–Crippen LogP) is 3.70. The van der Waals surface area contributed by atoms with Crippen molar-refractivity contribution in [3.63, 3.8) is 0 Å². The van der Waals surface area contributed by atoms with Gasteiger partial charge in [0.15, 0.2) is 5.11 Å². The molecular weight excluding hydrogens is 298 g/mol. The van der Waals surface area contributed by atoms with Gasteiger partial charge in [0.05, 0.1) is 4.92 Å². The monoisotopic (exact) mass is 315 g/mol. The summed E-state index contributed by atoms with van der Waals surface area (Å²) in [7, 11) is 0. The lowest BCUT2D eigenvalue weighted by Gasteiger charge is -2.14. The largest absolute Gasteiger partial charge is 0.358 e. The quantitative estimate of drug-likeness (QED) is 0.511. The van der Waals surface area contributed by atoms with Crippen LogP contribution in [0.25, 0.3) is 0 Å². The average molecular weight is 315 g/mol. The van der Waals surface area contributed by atoms with Gasteiger partial charge in [-0.3, -0.25) is 10.1 Å². The van der Waals surface area contributed by atoms with E-state index in [0.29, 0.717) is 17.3 Å². The van der Waals surface area contributed by atoms with E-state index in [0.717, 1.165) is 16.7 Å². The number of rotatable bonds is 4. The molecule has 0 amide bonds. The summed E-state index contributed by atoms with van der Waals surface area (Å²) in [6, 6.07) is 13.0. The van der Waals surface area contributed by atoms with Crippen LogP contribution in [0.5, 0.6) is 0 Å². The van der Waals surface area contributed by atoms with Crippen LogP contribution in [0.3, 0.4) is 0 Å². The molecule has 0 atom stereocenters. The van der Waals surface area contributed by atoms with Gasteiger partial charge in [-0.15, -0.1) is 0 Å². The molecule has 5 nitrogen and oxygen atoms in total. The molecule has 0 radical (unpaired) electrons. The zero-order valence-corrected chi connectivity index (χ0v) is 13.2. The molecule has 0 bridgehead atoms. The summed E-state index contributed by atoms with van der Waals surface area (Å²) in [6.45, 7) is 4.31. The zero-order valence-electron chi connectivity index (χ0n) is 12.4. The van der Waals surface area contributed by atoms with Crippen molar-refractivity contribution in [3.8, 4) is 0 Å². The lowest BCUT2D eigenvalue weighted by atomic mass is 10.1. The third-order valence-corrected chi connectivity index (χ3v) is 3.69. The SMILES string of the molecule is Cc1ccc([N+](=O)[O-])c(NC(=S)NCc2ccccc2)c1C. The van der Waals surface area contributed by atoms with Gasteiger partial charge in [0.2, 0.25) is 0 Å². The second-order valence-corrected chi connectivity index (χ2v) is 5.36. The van der Waals surface area contributed by atoms with Crippen LogP contribution in [-0.2, 0) is 6.54 Å². The van der Waals surface area contributed by atoms with Crippen LogP contribution in [0.2, 0.25) is 0 Å². The third kappa shape index (κ3) is 3.79. The fraction of sp³-hybridized carbons (Fsp3) is 0.188. The first kappa shape index (κ1) is 15.9. The lowest BCUT2D eigenvalue weighted by Crippen LogP contribution is -2.28. The van der Waals surface area contributed by atoms with Crippen LogP contribution in [0.4, 0.5) is 11.4 Å². The van der Waals surface area contributed by atoms with E-state index in [1.54, 1.807) is 6.07 Å². The van der Waals surface area contributed by atoms with E-state index in [1.807, 2.05) is 44.2 Å². The first-order valence-electron chi connectivity index (χ1n) is 6.82. The zero-order chi connectivity index (χ0) is 16.1. The molecule has 2 aromatic rings. The Labute approximate surface area is 134 Å². The molecule has 0 saturated carbocycles. The summed E-state index contributed by atoms with van der Waals surface area (Å²) < 4.78 is 0. The minimum atomic E-state index is -0.408. The van der Waals surface area contributed by atoms with Crippen molar-refractivity contribution in [3.05, 3.63) is 69.3 Å². The van der Waals surface area contributed by atoms with Crippen LogP contribution >= 0.6 is 12.2 Å². The van der Waals surface area contributed by atoms with Crippen LogP contribution in [0, 0.1) is 24.0 Å². The van der Waals surface area contributed by atoms with E-state index in [-0.39, 0.29) is 5.69 Å². The van der Waals surface area contributed by atoms with Crippen molar-refractivity contribution in [2.45, 2.75) is 20.4 Å². The van der Waals surface area contributed by atoms with Crippen molar-refractivity contribution in [2.75, 3.05) is 5.32 Å². The predicted molar refractivity (Wildman–Crippen MR) is 92.1 cm³/mol. The average Bonchev–Trinajstić information content (AvgIpc) is 2.50. The number of nitrogens with one attached hydrogen (secondary N) is 2. The van der Waals surface area contributed by atoms with Crippen LogP contribution in [0.1, 0.15) is 16.7 Å². The van der Waals surface area contributed by atoms with E-state index < -0.39 is 4.92 Å². The van der Waals surface area contributed by atoms with Gasteiger partial charge < -0.3 is 10.6 Å². The first-order valence-corrected chi connectivity index (χ1v) is 7.23. The number of benzene rings is 2. The first-order chi connectivity index (χ1) is 10.5. The summed E-state index contributed by atoms with van der Waals surface area (Å²) in [5.74, 6) is 0. The Hall–Kier alpha value is -2.47. The van der Waals surface area contributed by atoms with Gasteiger partial charge in [-0.25, -0.2) is 0 Å². The maximum absolute atomic E-state index is 11.1. The molecule has 0 aliphatic carbocycles. The van der Waals surface area contributed by atoms with E-state index in [4.69, 9.17) is 12.2 Å². The molecular formula is C16H17N3O2S. The lowest BCUT2D eigenvalue weighted by molar-refractivity contribution is -0.383. The number of nitrogens with zero attached hydrogens (tertiary/aromatic N) is 1. The molecule has 22 heavy (non-hydrogen) atoms. The van der Waals surface area contributed by atoms with Gasteiger partial charge in [-0.05, 0) is 42.8 Å². The minimum Gasteiger partial charge on any atom is -0.358 e. The van der Waals surface area contributed by atoms with Crippen molar-refractivity contribution >= 4 is 28.7 Å². The van der Waals surface area contributed by atoms with Crippen molar-refractivity contribution in [2.24, 2.45) is 0 Å². The van der Waals surface area contributed by atoms with Gasteiger partial charge >= 0.3 is 0 Å². The third-order valence-electron chi connectivity index (χ3n) is 3.44. The van der Waals surface area contributed by atoms with E-state index >= 15 is 0 Å². The summed E-state index contributed by atoms with van der Waals surface area (Å²) in [5.41, 5.74) is 3.33. The molecule has 114 valence electrons. The maximum atomic E-state index is 11.1. The van der Waals surface area contributed by atoms with Gasteiger partial charge in [-0.2, -0.15) is 0 Å². The number of hydrogen-bond donors (Lipinski definition) is 2. The molecule has 0 aliphatic rings. The molecule has 0 aromatic heterocycles. The molecule has 0 saturated heterocycles. The van der Waals surface area contributed by atoms with Gasteiger partial charge in [0.1, 0.15) is 5.69 Å². The fourth-order valence-electron chi connectivity index (χ4n) is 2.05. The summed E-state index contributed by atoms with van der Waals surface area (Å²) in [6.07, 6.45) is 0. The number of nitro groups is 1. The van der Waals surface area contributed by atoms with Gasteiger partial charge in [0, 0.05) is 12.6 Å². The molecule has 0 heterocycles. The van der Waals surface area contributed by atoms with Gasteiger partial charge in [-0.1, -0.05) is 36.4 Å². The smallest absolute Gasteiger partial charge is 0.293 e. The highest BCUT2D eigenvalue weighted by Gasteiger charge is 2.18. The molecule has 0 unspecified atom stereocenters. The Morgan fingerprint density at radius 1 is 1.18 bits per heavy atom. The Morgan fingerprint density at radius 2 is 1.86 bits per heavy atom. The fourth-order valence-corrected chi connectivity index (χ4v) is 2.22. The summed E-state index contributed by atoms with van der Waals surface area (Å²) in [4.78, 5) is 10.7. The summed E-state index contributed by atoms with van der Waals surface area (Å²) in [5, 5.41) is 17.5. The second kappa shape index (κ2) is 7.00. The number of anilines is 1. The van der Waals surface area contributed by atoms with Crippen LogP contribution < -0.4 is 10.6 Å². The number of nitro benzene ring substituents is 1. The highest BCUT2D eigenvalue weighted by Crippen LogP contribution is 2.30. The van der Waals surface area contributed by atoms with E-state index in [1.165, 1.54) is 6.07 Å². The molecule has 0 fully saturated rings. The van der Waals surface area contributed by atoms with Crippen molar-refractivity contribution in [1.29, 1.82) is 0 Å². The molecule has 2 N–H and O–H groups in total. The van der Waals surface area contributed by atoms with E-state index in [9.17, 15) is 10.1 Å². The molecule has 6 heteroatoms. The normalized spacial score (nSPS) is 10.1. The van der Waals surface area contributed by atoms with Crippen molar-refractivity contribution in [1.82, 2.24) is 5.32 Å². The Morgan fingerprint density at radius 3 is 2.50 bits per heavy atom. The molecule has 2 aromatic carbocycles. The van der Waals surface area contributed by atoms with Crippen LogP contribution in [0.15, 0.2) is 42.5 Å². The summed E-state index contributed by atoms with van der Waals surface area (Å²) >= 11 is 5.24. The highest BCUT2D eigenvalue weighted by molar-refractivity contribution is 7.80. The second-order valence-electron chi connectivity index (χ2n) is 4.95. The molecule has 0 spiro atoms.